The van der Waals surface area contributed by atoms with E-state index in [1.807, 2.05) is 49.6 Å². The highest BCUT2D eigenvalue weighted by atomic mass is 16.5. The van der Waals surface area contributed by atoms with Gasteiger partial charge in [-0.1, -0.05) is 57.2 Å². The zero-order valence-corrected chi connectivity index (χ0v) is 17.0. The Bertz CT molecular complexity index is 955. The summed E-state index contributed by atoms with van der Waals surface area (Å²) >= 11 is 0. The van der Waals surface area contributed by atoms with Gasteiger partial charge in [0.25, 0.3) is 0 Å². The van der Waals surface area contributed by atoms with Crippen LogP contribution in [0.15, 0.2) is 48.5 Å². The highest BCUT2D eigenvalue weighted by Crippen LogP contribution is 2.28. The van der Waals surface area contributed by atoms with E-state index in [0.29, 0.717) is 0 Å². The molecule has 3 aromatic rings. The van der Waals surface area contributed by atoms with E-state index in [1.54, 1.807) is 0 Å². The largest absolute Gasteiger partial charge is 0.443 e. The molecule has 0 radical (unpaired) electrons. The van der Waals surface area contributed by atoms with E-state index < -0.39 is 5.41 Å². The van der Waals surface area contributed by atoms with Crippen LogP contribution in [0, 0.1) is 5.41 Å². The van der Waals surface area contributed by atoms with E-state index >= 15 is 0 Å². The molecule has 1 heterocycles. The molecule has 0 saturated carbocycles. The molecule has 142 valence electrons. The number of fused-ring (bicyclic) bond motifs is 1. The molecule has 0 fully saturated rings. The van der Waals surface area contributed by atoms with E-state index in [2.05, 4.69) is 45.0 Å². The normalized spacial score (nSPS) is 12.4. The van der Waals surface area contributed by atoms with Gasteiger partial charge >= 0.3 is 5.97 Å². The summed E-state index contributed by atoms with van der Waals surface area (Å²) < 4.78 is 7.55. The fourth-order valence-electron chi connectivity index (χ4n) is 2.89. The van der Waals surface area contributed by atoms with E-state index in [9.17, 15) is 4.79 Å². The first-order chi connectivity index (χ1) is 12.6. The lowest BCUT2D eigenvalue weighted by molar-refractivity contribution is -0.156. The van der Waals surface area contributed by atoms with Gasteiger partial charge in [-0.2, -0.15) is 0 Å². The number of carbonyl (C=O) groups excluding carboxylic acids is 1. The Morgan fingerprint density at radius 3 is 2.19 bits per heavy atom. The molecule has 0 unspecified atom stereocenters. The maximum atomic E-state index is 12.2. The van der Waals surface area contributed by atoms with Gasteiger partial charge < -0.3 is 4.74 Å². The minimum atomic E-state index is -0.537. The fraction of sp³-hybridized carbons (Fsp3) is 0.391. The number of hydrogen-bond acceptors (Lipinski definition) is 3. The smallest absolute Gasteiger partial charge is 0.312 e. The third-order valence-corrected chi connectivity index (χ3v) is 4.60. The minimum absolute atomic E-state index is 0.0981. The second kappa shape index (κ2) is 6.84. The summed E-state index contributed by atoms with van der Waals surface area (Å²) in [6.07, 6.45) is 0. The molecule has 1 aromatic heterocycles. The van der Waals surface area contributed by atoms with Gasteiger partial charge in [0.15, 0.2) is 6.73 Å². The van der Waals surface area contributed by atoms with Gasteiger partial charge in [-0.3, -0.25) is 9.36 Å². The number of hydrogen-bond donors (Lipinski definition) is 0. The van der Waals surface area contributed by atoms with Crippen molar-refractivity contribution >= 4 is 17.0 Å². The van der Waals surface area contributed by atoms with Gasteiger partial charge in [0.1, 0.15) is 5.82 Å². The molecular weight excluding hydrogens is 336 g/mol. The summed E-state index contributed by atoms with van der Waals surface area (Å²) in [5.74, 6) is 0.577. The number of nitrogens with zero attached hydrogens (tertiary/aromatic N) is 2. The second-order valence-corrected chi connectivity index (χ2v) is 8.99. The van der Waals surface area contributed by atoms with Crippen LogP contribution in [0.25, 0.3) is 22.4 Å². The number of imidazole rings is 1. The first kappa shape index (κ1) is 19.2. The van der Waals surface area contributed by atoms with Gasteiger partial charge in [0.05, 0.1) is 16.4 Å². The highest BCUT2D eigenvalue weighted by molar-refractivity contribution is 5.81. The van der Waals surface area contributed by atoms with Crippen LogP contribution in [-0.4, -0.2) is 15.5 Å². The van der Waals surface area contributed by atoms with E-state index in [1.165, 1.54) is 5.56 Å². The zero-order chi connectivity index (χ0) is 19.8. The predicted octanol–water partition coefficient (Wildman–Crippen LogP) is 5.55. The molecule has 0 N–H and O–H groups in total. The number of benzene rings is 2. The van der Waals surface area contributed by atoms with Crippen LogP contribution in [0.5, 0.6) is 0 Å². The molecule has 0 aliphatic carbocycles. The Balaban J connectivity index is 2.01. The molecule has 2 aromatic carbocycles. The minimum Gasteiger partial charge on any atom is -0.443 e. The lowest BCUT2D eigenvalue weighted by Crippen LogP contribution is -2.24. The van der Waals surface area contributed by atoms with Gasteiger partial charge in [-0.15, -0.1) is 0 Å². The molecule has 0 saturated heterocycles. The number of para-hydroxylation sites is 2. The molecule has 0 amide bonds. The zero-order valence-electron chi connectivity index (χ0n) is 17.0. The Morgan fingerprint density at radius 2 is 1.59 bits per heavy atom. The van der Waals surface area contributed by atoms with Crippen molar-refractivity contribution in [2.45, 2.75) is 53.7 Å². The number of carbonyl (C=O) groups is 1. The van der Waals surface area contributed by atoms with Gasteiger partial charge in [0.2, 0.25) is 0 Å². The van der Waals surface area contributed by atoms with Crippen molar-refractivity contribution in [2.75, 3.05) is 0 Å². The summed E-state index contributed by atoms with van der Waals surface area (Å²) in [5, 5.41) is 0. The number of esters is 1. The van der Waals surface area contributed by atoms with Crippen molar-refractivity contribution in [3.05, 3.63) is 54.1 Å². The third kappa shape index (κ3) is 4.05. The van der Waals surface area contributed by atoms with Gasteiger partial charge in [0, 0.05) is 5.56 Å². The van der Waals surface area contributed by atoms with E-state index in [0.717, 1.165) is 22.4 Å². The van der Waals surface area contributed by atoms with Crippen LogP contribution in [0.4, 0.5) is 0 Å². The number of rotatable bonds is 3. The highest BCUT2D eigenvalue weighted by Gasteiger charge is 2.24. The monoisotopic (exact) mass is 364 g/mol. The SMILES string of the molecule is CC(C)(C)C(=O)OCn1c(-c2ccc(C(C)(C)C)cc2)nc2ccccc21. The molecule has 4 nitrogen and oxygen atoms in total. The standard InChI is InChI=1S/C23H28N2O2/c1-22(2,3)17-13-11-16(12-14-17)20-24-18-9-7-8-10-19(18)25(20)15-27-21(26)23(4,5)6/h7-14H,15H2,1-6H3. The number of ether oxygens (including phenoxy) is 1. The van der Waals surface area contributed by atoms with Crippen LogP contribution in [0.2, 0.25) is 0 Å². The summed E-state index contributed by atoms with van der Waals surface area (Å²) in [6, 6.07) is 16.4. The fourth-order valence-corrected chi connectivity index (χ4v) is 2.89. The maximum absolute atomic E-state index is 12.2. The summed E-state index contributed by atoms with van der Waals surface area (Å²) in [4.78, 5) is 17.0. The average Bonchev–Trinajstić information content (AvgIpc) is 2.97. The molecule has 0 bridgehead atoms. The quantitative estimate of drug-likeness (QED) is 0.573. The Morgan fingerprint density at radius 1 is 0.963 bits per heavy atom. The Hall–Kier alpha value is -2.62. The summed E-state index contributed by atoms with van der Waals surface area (Å²) in [6.45, 7) is 12.3. The van der Waals surface area contributed by atoms with Crippen LogP contribution < -0.4 is 0 Å². The van der Waals surface area contributed by atoms with Crippen molar-refractivity contribution in [3.8, 4) is 11.4 Å². The molecule has 0 atom stereocenters. The molecule has 27 heavy (non-hydrogen) atoms. The van der Waals surface area contributed by atoms with Gasteiger partial charge in [-0.25, -0.2) is 4.98 Å². The van der Waals surface area contributed by atoms with Crippen LogP contribution in [0.1, 0.15) is 47.1 Å². The molecule has 0 spiro atoms. The second-order valence-electron chi connectivity index (χ2n) is 8.99. The molecule has 0 aliphatic heterocycles. The Labute approximate surface area is 161 Å². The Kier molecular flexibility index (Phi) is 4.85. The lowest BCUT2D eigenvalue weighted by Gasteiger charge is -2.20. The van der Waals surface area contributed by atoms with Gasteiger partial charge in [-0.05, 0) is 43.9 Å². The number of aromatic nitrogens is 2. The van der Waals surface area contributed by atoms with Crippen LogP contribution in [0.3, 0.4) is 0 Å². The molecule has 3 rings (SSSR count). The summed E-state index contributed by atoms with van der Waals surface area (Å²) in [5.41, 5.74) is 3.68. The predicted molar refractivity (Wildman–Crippen MR) is 109 cm³/mol. The first-order valence-electron chi connectivity index (χ1n) is 9.31. The van der Waals surface area contributed by atoms with Crippen molar-refractivity contribution in [1.82, 2.24) is 9.55 Å². The molecule has 0 aliphatic rings. The average molecular weight is 364 g/mol. The van der Waals surface area contributed by atoms with Crippen LogP contribution in [-0.2, 0) is 21.7 Å². The third-order valence-electron chi connectivity index (χ3n) is 4.60. The van der Waals surface area contributed by atoms with Crippen molar-refractivity contribution in [2.24, 2.45) is 5.41 Å². The maximum Gasteiger partial charge on any atom is 0.312 e. The lowest BCUT2D eigenvalue weighted by atomic mass is 9.87. The topological polar surface area (TPSA) is 44.1 Å². The van der Waals surface area contributed by atoms with Crippen molar-refractivity contribution < 1.29 is 9.53 Å². The van der Waals surface area contributed by atoms with E-state index in [-0.39, 0.29) is 18.1 Å². The van der Waals surface area contributed by atoms with Crippen molar-refractivity contribution in [3.63, 3.8) is 0 Å². The van der Waals surface area contributed by atoms with Crippen molar-refractivity contribution in [1.29, 1.82) is 0 Å². The van der Waals surface area contributed by atoms with E-state index in [4.69, 9.17) is 9.72 Å². The summed E-state index contributed by atoms with van der Waals surface area (Å²) in [7, 11) is 0. The molecule has 4 heteroatoms. The molecular formula is C23H28N2O2. The first-order valence-corrected chi connectivity index (χ1v) is 9.31. The van der Waals surface area contributed by atoms with Crippen LogP contribution >= 0.6 is 0 Å².